The van der Waals surface area contributed by atoms with Crippen LogP contribution in [0.3, 0.4) is 0 Å². The van der Waals surface area contributed by atoms with E-state index in [1.807, 2.05) is 11.8 Å². The van der Waals surface area contributed by atoms with Gasteiger partial charge in [0.25, 0.3) is 0 Å². The van der Waals surface area contributed by atoms with Gasteiger partial charge in [-0.2, -0.15) is 0 Å². The van der Waals surface area contributed by atoms with Crippen LogP contribution in [-0.2, 0) is 0 Å². The van der Waals surface area contributed by atoms with Crippen LogP contribution in [0.15, 0.2) is 11.0 Å². The summed E-state index contributed by atoms with van der Waals surface area (Å²) in [6, 6.07) is 0. The SMILES string of the molecule is CC(C)C1=CSCC1. The van der Waals surface area contributed by atoms with Crippen molar-refractivity contribution in [3.63, 3.8) is 0 Å². The Kier molecular flexibility index (Phi) is 2.01. The lowest BCUT2D eigenvalue weighted by Crippen LogP contribution is -1.89. The van der Waals surface area contributed by atoms with E-state index in [0.717, 1.165) is 5.92 Å². The van der Waals surface area contributed by atoms with E-state index in [1.165, 1.54) is 12.2 Å². The highest BCUT2D eigenvalue weighted by molar-refractivity contribution is 8.02. The van der Waals surface area contributed by atoms with E-state index in [0.29, 0.717) is 0 Å². The van der Waals surface area contributed by atoms with E-state index in [-0.39, 0.29) is 0 Å². The van der Waals surface area contributed by atoms with Crippen LogP contribution >= 0.6 is 11.8 Å². The minimum Gasteiger partial charge on any atom is -0.134 e. The Labute approximate surface area is 55.4 Å². The third-order valence-electron chi connectivity index (χ3n) is 1.48. The molecule has 0 aliphatic carbocycles. The molecule has 0 atom stereocenters. The molecule has 0 aromatic carbocycles. The summed E-state index contributed by atoms with van der Waals surface area (Å²) in [5, 5.41) is 2.31. The zero-order chi connectivity index (χ0) is 5.98. The van der Waals surface area contributed by atoms with Gasteiger partial charge in [0, 0.05) is 5.75 Å². The Bertz CT molecular complexity index is 103. The average molecular weight is 128 g/mol. The summed E-state index contributed by atoms with van der Waals surface area (Å²) in [6.45, 7) is 4.52. The van der Waals surface area contributed by atoms with E-state index in [2.05, 4.69) is 19.3 Å². The van der Waals surface area contributed by atoms with Crippen molar-refractivity contribution in [2.24, 2.45) is 5.92 Å². The predicted molar refractivity (Wildman–Crippen MR) is 40.0 cm³/mol. The van der Waals surface area contributed by atoms with Crippen LogP contribution in [0.25, 0.3) is 0 Å². The fourth-order valence-corrected chi connectivity index (χ4v) is 1.90. The highest BCUT2D eigenvalue weighted by atomic mass is 32.2. The van der Waals surface area contributed by atoms with Gasteiger partial charge in [0.15, 0.2) is 0 Å². The van der Waals surface area contributed by atoms with Crippen molar-refractivity contribution < 1.29 is 0 Å². The molecule has 0 spiro atoms. The Morgan fingerprint density at radius 3 is 2.62 bits per heavy atom. The highest BCUT2D eigenvalue weighted by Gasteiger charge is 2.07. The van der Waals surface area contributed by atoms with E-state index < -0.39 is 0 Å². The van der Waals surface area contributed by atoms with Gasteiger partial charge in [-0.3, -0.25) is 0 Å². The van der Waals surface area contributed by atoms with E-state index in [9.17, 15) is 0 Å². The van der Waals surface area contributed by atoms with Gasteiger partial charge < -0.3 is 0 Å². The molecule has 0 radical (unpaired) electrons. The molecule has 1 heteroatoms. The fraction of sp³-hybridized carbons (Fsp3) is 0.714. The molecule has 0 N–H and O–H groups in total. The van der Waals surface area contributed by atoms with Gasteiger partial charge in [-0.05, 0) is 17.7 Å². The van der Waals surface area contributed by atoms with E-state index in [4.69, 9.17) is 0 Å². The van der Waals surface area contributed by atoms with Crippen LogP contribution in [0.4, 0.5) is 0 Å². The molecule has 0 amide bonds. The molecule has 0 nitrogen and oxygen atoms in total. The van der Waals surface area contributed by atoms with Gasteiger partial charge in [-0.25, -0.2) is 0 Å². The average Bonchev–Trinajstić information content (AvgIpc) is 2.12. The normalized spacial score (nSPS) is 19.6. The number of rotatable bonds is 1. The molecule has 1 aliphatic heterocycles. The quantitative estimate of drug-likeness (QED) is 0.523. The van der Waals surface area contributed by atoms with Crippen LogP contribution in [0.5, 0.6) is 0 Å². The highest BCUT2D eigenvalue weighted by Crippen LogP contribution is 2.26. The summed E-state index contributed by atoms with van der Waals surface area (Å²) in [5.41, 5.74) is 1.63. The van der Waals surface area contributed by atoms with Crippen LogP contribution in [0, 0.1) is 5.92 Å². The second kappa shape index (κ2) is 2.58. The van der Waals surface area contributed by atoms with Crippen LogP contribution in [-0.4, -0.2) is 5.75 Å². The third kappa shape index (κ3) is 1.28. The molecule has 46 valence electrons. The minimum atomic E-state index is 0.782. The lowest BCUT2D eigenvalue weighted by Gasteiger charge is -2.01. The van der Waals surface area contributed by atoms with Crippen molar-refractivity contribution in [2.75, 3.05) is 5.75 Å². The minimum absolute atomic E-state index is 0.782. The molecular formula is C7H12S. The maximum Gasteiger partial charge on any atom is 0.00117 e. The molecule has 0 bridgehead atoms. The van der Waals surface area contributed by atoms with Crippen LogP contribution in [0.1, 0.15) is 20.3 Å². The van der Waals surface area contributed by atoms with Gasteiger partial charge in [-0.15, -0.1) is 11.8 Å². The number of thioether (sulfide) groups is 1. The van der Waals surface area contributed by atoms with Crippen LogP contribution < -0.4 is 0 Å². The molecule has 0 saturated heterocycles. The largest absolute Gasteiger partial charge is 0.134 e. The third-order valence-corrected chi connectivity index (χ3v) is 2.39. The van der Waals surface area contributed by atoms with E-state index in [1.54, 1.807) is 5.57 Å². The molecule has 1 heterocycles. The van der Waals surface area contributed by atoms with Crippen molar-refractivity contribution in [1.29, 1.82) is 0 Å². The second-order valence-corrected chi connectivity index (χ2v) is 3.45. The molecule has 8 heavy (non-hydrogen) atoms. The zero-order valence-electron chi connectivity index (χ0n) is 5.48. The summed E-state index contributed by atoms with van der Waals surface area (Å²) in [7, 11) is 0. The second-order valence-electron chi connectivity index (χ2n) is 2.47. The lowest BCUT2D eigenvalue weighted by molar-refractivity contribution is 0.742. The molecule has 0 unspecified atom stereocenters. The van der Waals surface area contributed by atoms with Crippen molar-refractivity contribution in [3.8, 4) is 0 Å². The monoisotopic (exact) mass is 128 g/mol. The Morgan fingerprint density at radius 1 is 1.62 bits per heavy atom. The molecule has 1 aliphatic rings. The van der Waals surface area contributed by atoms with Crippen LogP contribution in [0.2, 0.25) is 0 Å². The van der Waals surface area contributed by atoms with Gasteiger partial charge in [-0.1, -0.05) is 19.4 Å². The molecule has 0 aromatic heterocycles. The molecular weight excluding hydrogens is 116 g/mol. The van der Waals surface area contributed by atoms with Gasteiger partial charge in [0.1, 0.15) is 0 Å². The van der Waals surface area contributed by atoms with Gasteiger partial charge >= 0.3 is 0 Å². The smallest absolute Gasteiger partial charge is 0.00117 e. The van der Waals surface area contributed by atoms with Crippen molar-refractivity contribution in [3.05, 3.63) is 11.0 Å². The summed E-state index contributed by atoms with van der Waals surface area (Å²) >= 11 is 1.95. The first-order valence-corrected chi connectivity index (χ1v) is 4.16. The topological polar surface area (TPSA) is 0 Å². The predicted octanol–water partition coefficient (Wildman–Crippen LogP) is 2.66. The van der Waals surface area contributed by atoms with Crippen molar-refractivity contribution in [2.45, 2.75) is 20.3 Å². The fourth-order valence-electron chi connectivity index (χ4n) is 0.826. The Morgan fingerprint density at radius 2 is 2.38 bits per heavy atom. The Hall–Kier alpha value is 0.0900. The maximum absolute atomic E-state index is 2.31. The number of hydrogen-bond acceptors (Lipinski definition) is 1. The van der Waals surface area contributed by atoms with Crippen molar-refractivity contribution >= 4 is 11.8 Å². The van der Waals surface area contributed by atoms with Gasteiger partial charge in [0.2, 0.25) is 0 Å². The summed E-state index contributed by atoms with van der Waals surface area (Å²) in [6.07, 6.45) is 1.32. The molecule has 0 saturated carbocycles. The first kappa shape index (κ1) is 6.21. The first-order valence-electron chi connectivity index (χ1n) is 3.11. The zero-order valence-corrected chi connectivity index (χ0v) is 6.29. The molecule has 0 aromatic rings. The van der Waals surface area contributed by atoms with Gasteiger partial charge in [0.05, 0.1) is 0 Å². The molecule has 0 fully saturated rings. The summed E-state index contributed by atoms with van der Waals surface area (Å²) in [4.78, 5) is 0. The number of hydrogen-bond donors (Lipinski definition) is 0. The Balaban J connectivity index is 2.45. The van der Waals surface area contributed by atoms with E-state index >= 15 is 0 Å². The first-order chi connectivity index (χ1) is 3.80. The summed E-state index contributed by atoms with van der Waals surface area (Å²) < 4.78 is 0. The standard InChI is InChI=1S/C7H12S/c1-6(2)7-3-4-8-5-7/h5-6H,3-4H2,1-2H3. The lowest BCUT2D eigenvalue weighted by atomic mass is 10.0. The summed E-state index contributed by atoms with van der Waals surface area (Å²) in [5.74, 6) is 2.10. The van der Waals surface area contributed by atoms with Crippen molar-refractivity contribution in [1.82, 2.24) is 0 Å². The maximum atomic E-state index is 2.31. The molecule has 1 rings (SSSR count). The number of allylic oxidation sites excluding steroid dienone is 1.